The number of ether oxygens (including phenoxy) is 1. The molecule has 0 aliphatic carbocycles. The molecule has 3 rings (SSSR count). The van der Waals surface area contributed by atoms with Crippen LogP contribution in [0.25, 0.3) is 0 Å². The molecule has 2 saturated heterocycles. The zero-order valence-corrected chi connectivity index (χ0v) is 12.8. The Morgan fingerprint density at radius 2 is 2.14 bits per heavy atom. The van der Waals surface area contributed by atoms with E-state index in [1.54, 1.807) is 0 Å². The molecule has 114 valence electrons. The lowest BCUT2D eigenvalue weighted by molar-refractivity contribution is -0.130. The predicted molar refractivity (Wildman–Crippen MR) is 83.8 cm³/mol. The highest BCUT2D eigenvalue weighted by Gasteiger charge is 2.26. The maximum Gasteiger partial charge on any atom is 0.249 e. The lowest BCUT2D eigenvalue weighted by Gasteiger charge is -2.19. The number of hydrogen-bond acceptors (Lipinski definition) is 3. The Morgan fingerprint density at radius 3 is 2.86 bits per heavy atom. The van der Waals surface area contributed by atoms with Crippen LogP contribution in [0.1, 0.15) is 19.3 Å². The summed E-state index contributed by atoms with van der Waals surface area (Å²) in [7, 11) is 0. The van der Waals surface area contributed by atoms with Crippen LogP contribution in [0, 0.1) is 5.92 Å². The second-order valence-corrected chi connectivity index (χ2v) is 6.26. The van der Waals surface area contributed by atoms with Crippen LogP contribution in [-0.4, -0.2) is 38.3 Å². The maximum absolute atomic E-state index is 11.9. The number of carbonyl (C=O) groups is 1. The minimum absolute atomic E-state index is 0.0532. The summed E-state index contributed by atoms with van der Waals surface area (Å²) < 4.78 is 5.40. The highest BCUT2D eigenvalue weighted by Crippen LogP contribution is 2.25. The van der Waals surface area contributed by atoms with Crippen molar-refractivity contribution in [2.24, 2.45) is 5.92 Å². The lowest BCUT2D eigenvalue weighted by atomic mass is 10.1. The van der Waals surface area contributed by atoms with E-state index in [0.29, 0.717) is 12.5 Å². The van der Waals surface area contributed by atoms with Crippen molar-refractivity contribution in [3.8, 4) is 0 Å². The van der Waals surface area contributed by atoms with Crippen LogP contribution in [0.15, 0.2) is 24.3 Å². The molecular weight excluding hydrogens is 288 g/mol. The Balaban J connectivity index is 1.46. The fourth-order valence-corrected chi connectivity index (χ4v) is 3.15. The minimum atomic E-state index is -0.223. The van der Waals surface area contributed by atoms with Crippen molar-refractivity contribution in [2.45, 2.75) is 25.4 Å². The van der Waals surface area contributed by atoms with Gasteiger partial charge in [0.05, 0.1) is 0 Å². The topological polar surface area (TPSA) is 41.6 Å². The fraction of sp³-hybridized carbons (Fsp3) is 0.562. The van der Waals surface area contributed by atoms with E-state index >= 15 is 0 Å². The number of carbonyl (C=O) groups excluding carboxylic acids is 1. The van der Waals surface area contributed by atoms with Gasteiger partial charge in [0, 0.05) is 37.0 Å². The first-order valence-electron chi connectivity index (χ1n) is 7.62. The molecule has 0 aromatic heterocycles. The zero-order chi connectivity index (χ0) is 14.7. The molecule has 2 aliphatic rings. The molecule has 2 fully saturated rings. The summed E-state index contributed by atoms with van der Waals surface area (Å²) in [6, 6.07) is 7.94. The molecule has 0 spiro atoms. The Hall–Kier alpha value is -1.26. The zero-order valence-electron chi connectivity index (χ0n) is 12.1. The summed E-state index contributed by atoms with van der Waals surface area (Å²) in [5, 5.41) is 3.80. The summed E-state index contributed by atoms with van der Waals surface area (Å²) in [5.74, 6) is 0.559. The monoisotopic (exact) mass is 308 g/mol. The van der Waals surface area contributed by atoms with Crippen molar-refractivity contribution in [3.63, 3.8) is 0 Å². The first kappa shape index (κ1) is 14.7. The molecular formula is C16H21ClN2O2. The first-order chi connectivity index (χ1) is 10.2. The van der Waals surface area contributed by atoms with Gasteiger partial charge in [0.25, 0.3) is 0 Å². The van der Waals surface area contributed by atoms with E-state index < -0.39 is 0 Å². The second-order valence-electron chi connectivity index (χ2n) is 5.82. The third-order valence-electron chi connectivity index (χ3n) is 4.26. The Bertz CT molecular complexity index is 486. The van der Waals surface area contributed by atoms with Crippen LogP contribution in [0.5, 0.6) is 0 Å². The summed E-state index contributed by atoms with van der Waals surface area (Å²) in [6.45, 7) is 3.46. The van der Waals surface area contributed by atoms with Crippen molar-refractivity contribution in [1.82, 2.24) is 5.32 Å². The van der Waals surface area contributed by atoms with Crippen LogP contribution in [0.3, 0.4) is 0 Å². The molecule has 2 aliphatic heterocycles. The molecule has 0 unspecified atom stereocenters. The minimum Gasteiger partial charge on any atom is -0.371 e. The molecule has 0 bridgehead atoms. The summed E-state index contributed by atoms with van der Waals surface area (Å²) in [6.07, 6.45) is 2.73. The Kier molecular flexibility index (Phi) is 4.66. The predicted octanol–water partition coefficient (Wildman–Crippen LogP) is 2.46. The second kappa shape index (κ2) is 6.67. The maximum atomic E-state index is 11.9. The van der Waals surface area contributed by atoms with Crippen LogP contribution < -0.4 is 10.2 Å². The molecule has 2 atom stereocenters. The number of amides is 1. The van der Waals surface area contributed by atoms with Crippen LogP contribution >= 0.6 is 11.6 Å². The molecule has 0 saturated carbocycles. The van der Waals surface area contributed by atoms with Crippen LogP contribution in [-0.2, 0) is 9.53 Å². The largest absolute Gasteiger partial charge is 0.371 e. The fourth-order valence-electron chi connectivity index (χ4n) is 3.03. The number of halogens is 1. The summed E-state index contributed by atoms with van der Waals surface area (Å²) in [5.41, 5.74) is 1.20. The van der Waals surface area contributed by atoms with E-state index in [4.69, 9.17) is 16.3 Å². The highest BCUT2D eigenvalue weighted by molar-refractivity contribution is 6.30. The third kappa shape index (κ3) is 3.69. The number of rotatable bonds is 4. The lowest BCUT2D eigenvalue weighted by Crippen LogP contribution is -2.37. The van der Waals surface area contributed by atoms with Gasteiger partial charge < -0.3 is 15.0 Å². The number of anilines is 1. The molecule has 1 amide bonds. The van der Waals surface area contributed by atoms with Crippen molar-refractivity contribution in [2.75, 3.05) is 31.1 Å². The van der Waals surface area contributed by atoms with E-state index in [1.807, 2.05) is 12.1 Å². The average Bonchev–Trinajstić information content (AvgIpc) is 3.17. The van der Waals surface area contributed by atoms with E-state index in [1.165, 1.54) is 5.69 Å². The molecule has 1 N–H and O–H groups in total. The molecule has 4 nitrogen and oxygen atoms in total. The molecule has 5 heteroatoms. The van der Waals surface area contributed by atoms with Crippen molar-refractivity contribution >= 4 is 23.2 Å². The third-order valence-corrected chi connectivity index (χ3v) is 4.52. The van der Waals surface area contributed by atoms with Crippen molar-refractivity contribution in [1.29, 1.82) is 0 Å². The van der Waals surface area contributed by atoms with E-state index in [0.717, 1.165) is 43.9 Å². The van der Waals surface area contributed by atoms with Crippen LogP contribution in [0.2, 0.25) is 5.02 Å². The quantitative estimate of drug-likeness (QED) is 0.929. The van der Waals surface area contributed by atoms with Crippen LogP contribution in [0.4, 0.5) is 5.69 Å². The number of nitrogens with one attached hydrogen (secondary N) is 1. The number of benzene rings is 1. The van der Waals surface area contributed by atoms with Gasteiger partial charge in [-0.3, -0.25) is 4.79 Å². The molecule has 0 radical (unpaired) electrons. The van der Waals surface area contributed by atoms with Gasteiger partial charge in [0.2, 0.25) is 5.91 Å². The Labute approximate surface area is 130 Å². The Morgan fingerprint density at radius 1 is 1.33 bits per heavy atom. The number of nitrogens with zero attached hydrogens (tertiary/aromatic N) is 1. The molecule has 2 heterocycles. The standard InChI is InChI=1S/C16H21ClN2O2/c17-13-3-5-14(6-4-13)19-8-7-12(11-19)10-18-16(20)15-2-1-9-21-15/h3-6,12,15H,1-2,7-11H2,(H,18,20)/t12-,15+/m1/s1. The van der Waals surface area contributed by atoms with Gasteiger partial charge in [-0.1, -0.05) is 11.6 Å². The van der Waals surface area contributed by atoms with E-state index in [2.05, 4.69) is 22.3 Å². The average molecular weight is 309 g/mol. The van der Waals surface area contributed by atoms with Crippen molar-refractivity contribution < 1.29 is 9.53 Å². The molecule has 1 aromatic carbocycles. The van der Waals surface area contributed by atoms with E-state index in [9.17, 15) is 4.79 Å². The summed E-state index contributed by atoms with van der Waals surface area (Å²) in [4.78, 5) is 14.3. The van der Waals surface area contributed by atoms with Gasteiger partial charge in [-0.2, -0.15) is 0 Å². The van der Waals surface area contributed by atoms with Gasteiger partial charge in [0.1, 0.15) is 6.10 Å². The van der Waals surface area contributed by atoms with Crippen molar-refractivity contribution in [3.05, 3.63) is 29.3 Å². The van der Waals surface area contributed by atoms with Gasteiger partial charge in [-0.05, 0) is 49.4 Å². The first-order valence-corrected chi connectivity index (χ1v) is 8.00. The molecule has 21 heavy (non-hydrogen) atoms. The highest BCUT2D eigenvalue weighted by atomic mass is 35.5. The number of hydrogen-bond donors (Lipinski definition) is 1. The van der Waals surface area contributed by atoms with Gasteiger partial charge >= 0.3 is 0 Å². The van der Waals surface area contributed by atoms with Gasteiger partial charge in [-0.25, -0.2) is 0 Å². The van der Waals surface area contributed by atoms with E-state index in [-0.39, 0.29) is 12.0 Å². The smallest absolute Gasteiger partial charge is 0.249 e. The normalized spacial score (nSPS) is 25.3. The van der Waals surface area contributed by atoms with Gasteiger partial charge in [-0.15, -0.1) is 0 Å². The SMILES string of the molecule is O=C(NC[C@H]1CCN(c2ccc(Cl)cc2)C1)[C@@H]1CCCO1. The summed E-state index contributed by atoms with van der Waals surface area (Å²) >= 11 is 5.92. The van der Waals surface area contributed by atoms with Gasteiger partial charge in [0.15, 0.2) is 0 Å². The molecule has 1 aromatic rings.